The number of amidine groups is 1. The van der Waals surface area contributed by atoms with Crippen molar-refractivity contribution < 1.29 is 9.59 Å². The fourth-order valence-corrected chi connectivity index (χ4v) is 4.91. The van der Waals surface area contributed by atoms with E-state index >= 15 is 0 Å². The van der Waals surface area contributed by atoms with Crippen LogP contribution in [0.3, 0.4) is 0 Å². The molecule has 1 fully saturated rings. The average Bonchev–Trinajstić information content (AvgIpc) is 3.30. The Kier molecular flexibility index (Phi) is 6.26. The Morgan fingerprint density at radius 3 is 2.67 bits per heavy atom. The van der Waals surface area contributed by atoms with Crippen LogP contribution in [0.2, 0.25) is 0 Å². The molecule has 0 saturated carbocycles. The number of likely N-dealkylation sites (N-methyl/N-ethyl adjacent to an activating group) is 1. The van der Waals surface area contributed by atoms with Crippen molar-refractivity contribution in [2.45, 2.75) is 62.8 Å². The highest BCUT2D eigenvalue weighted by molar-refractivity contribution is 8.13. The van der Waals surface area contributed by atoms with E-state index in [0.717, 1.165) is 40.7 Å². The van der Waals surface area contributed by atoms with Crippen molar-refractivity contribution in [3.05, 3.63) is 24.3 Å². The van der Waals surface area contributed by atoms with E-state index < -0.39 is 18.2 Å². The molecular formula is C21H28N6O2S. The smallest absolute Gasteiger partial charge is 0.325 e. The number of hydrogen-bond acceptors (Lipinski definition) is 6. The quantitative estimate of drug-likeness (QED) is 0.627. The van der Waals surface area contributed by atoms with Gasteiger partial charge < -0.3 is 14.8 Å². The highest BCUT2D eigenvalue weighted by Gasteiger charge is 2.48. The summed E-state index contributed by atoms with van der Waals surface area (Å²) in [6.45, 7) is 2.94. The maximum atomic E-state index is 12.6. The molecule has 2 atom stereocenters. The second kappa shape index (κ2) is 9.07. The van der Waals surface area contributed by atoms with Crippen molar-refractivity contribution in [1.29, 1.82) is 0 Å². The Morgan fingerprint density at radius 2 is 1.87 bits per heavy atom. The lowest BCUT2D eigenvalue weighted by atomic mass is 10.1. The van der Waals surface area contributed by atoms with Gasteiger partial charge in [-0.1, -0.05) is 51.2 Å². The number of imidazole rings is 1. The van der Waals surface area contributed by atoms with E-state index in [9.17, 15) is 9.59 Å². The van der Waals surface area contributed by atoms with Crippen LogP contribution in [0.25, 0.3) is 11.0 Å². The number of benzene rings is 1. The molecule has 160 valence electrons. The fraction of sp³-hybridized carbons (Fsp3) is 0.524. The number of aliphatic imine (C=N–C) groups is 1. The molecule has 1 aromatic heterocycles. The molecule has 2 unspecified atom stereocenters. The minimum Gasteiger partial charge on any atom is -0.335 e. The molecular weight excluding hydrogens is 400 g/mol. The predicted molar refractivity (Wildman–Crippen MR) is 118 cm³/mol. The van der Waals surface area contributed by atoms with Crippen molar-refractivity contribution in [2.24, 2.45) is 4.99 Å². The third-order valence-corrected chi connectivity index (χ3v) is 6.54. The first-order chi connectivity index (χ1) is 14.6. The zero-order chi connectivity index (χ0) is 21.1. The Morgan fingerprint density at radius 1 is 1.10 bits per heavy atom. The van der Waals surface area contributed by atoms with Crippen molar-refractivity contribution in [3.8, 4) is 0 Å². The van der Waals surface area contributed by atoms with Crippen molar-refractivity contribution in [1.82, 2.24) is 25.1 Å². The van der Waals surface area contributed by atoms with Crippen LogP contribution in [0, 0.1) is 0 Å². The molecule has 2 aliphatic rings. The summed E-state index contributed by atoms with van der Waals surface area (Å²) in [5, 5.41) is 3.92. The summed E-state index contributed by atoms with van der Waals surface area (Å²) < 4.78 is 0. The van der Waals surface area contributed by atoms with Gasteiger partial charge in [-0.2, -0.15) is 0 Å². The molecule has 0 aliphatic carbocycles. The molecule has 4 rings (SSSR count). The Hall–Kier alpha value is -2.55. The Bertz CT molecular complexity index is 925. The minimum absolute atomic E-state index is 0.280. The first-order valence-electron chi connectivity index (χ1n) is 10.6. The largest absolute Gasteiger partial charge is 0.335 e. The molecule has 0 spiro atoms. The van der Waals surface area contributed by atoms with Gasteiger partial charge in [-0.05, 0) is 30.3 Å². The van der Waals surface area contributed by atoms with Crippen LogP contribution in [-0.2, 0) is 4.79 Å². The second-order valence-electron chi connectivity index (χ2n) is 7.80. The van der Waals surface area contributed by atoms with Gasteiger partial charge in [0.1, 0.15) is 0 Å². The summed E-state index contributed by atoms with van der Waals surface area (Å²) in [4.78, 5) is 41.0. The van der Waals surface area contributed by atoms with E-state index in [4.69, 9.17) is 4.99 Å². The Labute approximate surface area is 180 Å². The van der Waals surface area contributed by atoms with E-state index in [0.29, 0.717) is 0 Å². The second-order valence-corrected chi connectivity index (χ2v) is 8.75. The van der Waals surface area contributed by atoms with E-state index in [-0.39, 0.29) is 5.91 Å². The van der Waals surface area contributed by atoms with E-state index in [1.807, 2.05) is 29.2 Å². The van der Waals surface area contributed by atoms with Crippen LogP contribution in [0.5, 0.6) is 0 Å². The maximum Gasteiger partial charge on any atom is 0.325 e. The van der Waals surface area contributed by atoms with Crippen LogP contribution in [-0.4, -0.2) is 62.7 Å². The summed E-state index contributed by atoms with van der Waals surface area (Å²) in [5.74, 6) is -0.280. The molecule has 2 aliphatic heterocycles. The van der Waals surface area contributed by atoms with Gasteiger partial charge in [0, 0.05) is 13.6 Å². The maximum absolute atomic E-state index is 12.6. The van der Waals surface area contributed by atoms with Crippen molar-refractivity contribution in [3.63, 3.8) is 0 Å². The van der Waals surface area contributed by atoms with Gasteiger partial charge in [-0.25, -0.2) is 14.8 Å². The van der Waals surface area contributed by atoms with Gasteiger partial charge in [-0.15, -0.1) is 0 Å². The lowest BCUT2D eigenvalue weighted by Gasteiger charge is -2.36. The van der Waals surface area contributed by atoms with Gasteiger partial charge in [-0.3, -0.25) is 10.1 Å². The number of carbonyl (C=O) groups is 2. The normalized spacial score (nSPS) is 21.2. The third kappa shape index (κ3) is 4.16. The number of fused-ring (bicyclic) bond motifs is 2. The van der Waals surface area contributed by atoms with E-state index in [1.165, 1.54) is 42.3 Å². The van der Waals surface area contributed by atoms with Crippen LogP contribution >= 0.6 is 11.8 Å². The van der Waals surface area contributed by atoms with Gasteiger partial charge in [0.25, 0.3) is 5.91 Å². The molecule has 30 heavy (non-hydrogen) atoms. The number of urea groups is 1. The number of nitrogens with zero attached hydrogens (tertiary/aromatic N) is 4. The molecule has 1 aromatic carbocycles. The first-order valence-corrected chi connectivity index (χ1v) is 11.4. The van der Waals surface area contributed by atoms with Crippen molar-refractivity contribution >= 4 is 39.9 Å². The van der Waals surface area contributed by atoms with Crippen LogP contribution in [0.15, 0.2) is 34.4 Å². The number of nitrogens with one attached hydrogen (secondary N) is 2. The molecule has 0 radical (unpaired) electrons. The van der Waals surface area contributed by atoms with Gasteiger partial charge in [0.2, 0.25) is 0 Å². The highest BCUT2D eigenvalue weighted by atomic mass is 32.2. The number of carbonyl (C=O) groups excluding carboxylic acids is 2. The van der Waals surface area contributed by atoms with E-state index in [1.54, 1.807) is 7.05 Å². The molecule has 3 amide bonds. The number of thioether (sulfide) groups is 1. The minimum atomic E-state index is -0.502. The topological polar surface area (TPSA) is 93.7 Å². The molecule has 8 nitrogen and oxygen atoms in total. The van der Waals surface area contributed by atoms with Gasteiger partial charge >= 0.3 is 6.03 Å². The lowest BCUT2D eigenvalue weighted by molar-refractivity contribution is -0.127. The highest BCUT2D eigenvalue weighted by Crippen LogP contribution is 2.32. The number of aromatic amines is 1. The summed E-state index contributed by atoms with van der Waals surface area (Å²) in [6.07, 6.45) is 6.53. The average molecular weight is 429 g/mol. The third-order valence-electron chi connectivity index (χ3n) is 5.63. The van der Waals surface area contributed by atoms with Gasteiger partial charge in [0.05, 0.1) is 11.0 Å². The number of imide groups is 1. The first kappa shape index (κ1) is 20.7. The van der Waals surface area contributed by atoms with Crippen LogP contribution < -0.4 is 5.32 Å². The number of unbranched alkanes of at least 4 members (excludes halogenated alkanes) is 5. The number of rotatable bonds is 8. The molecule has 9 heteroatoms. The van der Waals surface area contributed by atoms with Gasteiger partial charge in [0.15, 0.2) is 22.5 Å². The Balaban J connectivity index is 1.51. The summed E-state index contributed by atoms with van der Waals surface area (Å²) in [5.41, 5.74) is 1.85. The predicted octanol–water partition coefficient (Wildman–Crippen LogP) is 3.56. The SMILES string of the molecule is CCCCCCCCN1C(Sc2nc3ccccc3[nH]2)=NC2C1C(=O)NC(=O)N2C. The molecule has 0 bridgehead atoms. The lowest BCUT2D eigenvalue weighted by Crippen LogP contribution is -2.63. The summed E-state index contributed by atoms with van der Waals surface area (Å²) in [7, 11) is 1.68. The van der Waals surface area contributed by atoms with Crippen LogP contribution in [0.1, 0.15) is 45.4 Å². The number of para-hydroxylation sites is 2. The number of hydrogen-bond donors (Lipinski definition) is 2. The van der Waals surface area contributed by atoms with Crippen molar-refractivity contribution in [2.75, 3.05) is 13.6 Å². The monoisotopic (exact) mass is 428 g/mol. The number of amides is 3. The zero-order valence-corrected chi connectivity index (χ0v) is 18.2. The fourth-order valence-electron chi connectivity index (χ4n) is 3.95. The molecule has 3 heterocycles. The van der Waals surface area contributed by atoms with Crippen LogP contribution in [0.4, 0.5) is 4.79 Å². The number of H-pyrrole nitrogens is 1. The zero-order valence-electron chi connectivity index (χ0n) is 17.4. The number of aromatic nitrogens is 2. The summed E-state index contributed by atoms with van der Waals surface area (Å²) >= 11 is 1.42. The molecule has 2 N–H and O–H groups in total. The molecule has 2 aromatic rings. The van der Waals surface area contributed by atoms with E-state index in [2.05, 4.69) is 22.2 Å². The summed E-state index contributed by atoms with van der Waals surface area (Å²) in [6, 6.07) is 6.97. The molecule has 1 saturated heterocycles. The standard InChI is InChI=1S/C21H28N6O2S/c1-3-4-5-6-7-10-13-27-16-17(26(2)20(29)25-18(16)28)24-21(27)30-19-22-14-11-8-9-12-15(14)23-19/h8-9,11-12,16-17H,3-7,10,13H2,1-2H3,(H,22,23)(H,25,28,29).